The number of imide groups is 1. The number of methoxy groups -OCH3 is 1. The van der Waals surface area contributed by atoms with E-state index < -0.39 is 43.6 Å². The van der Waals surface area contributed by atoms with Crippen LogP contribution in [-0.4, -0.2) is 38.9 Å². The molecule has 35 heavy (non-hydrogen) atoms. The zero-order chi connectivity index (χ0) is 25.5. The Morgan fingerprint density at radius 1 is 0.914 bits per heavy atom. The van der Waals surface area contributed by atoms with Crippen LogP contribution in [0.15, 0.2) is 58.6 Å². The first-order valence-corrected chi connectivity index (χ1v) is 12.4. The molecule has 0 unspecified atom stereocenters. The number of fused-ring (bicyclic) bond motifs is 5. The molecule has 2 fully saturated rings. The number of allylic oxidation sites excluding steroid dienone is 2. The average molecular weight is 595 g/mol. The van der Waals surface area contributed by atoms with Crippen LogP contribution in [0.5, 0.6) is 5.75 Å². The van der Waals surface area contributed by atoms with Gasteiger partial charge in [0, 0.05) is 17.3 Å². The summed E-state index contributed by atoms with van der Waals surface area (Å²) in [6, 6.07) is 12.8. The van der Waals surface area contributed by atoms with Gasteiger partial charge in [-0.05, 0) is 36.4 Å². The van der Waals surface area contributed by atoms with Gasteiger partial charge < -0.3 is 10.1 Å². The Hall–Kier alpha value is -1.67. The van der Waals surface area contributed by atoms with E-state index in [9.17, 15) is 14.4 Å². The summed E-state index contributed by atoms with van der Waals surface area (Å²) in [5.41, 5.74) is 1.06. The molecule has 0 spiro atoms. The van der Waals surface area contributed by atoms with Crippen LogP contribution >= 0.6 is 69.6 Å². The fourth-order valence-corrected chi connectivity index (χ4v) is 7.84. The lowest BCUT2D eigenvalue weighted by atomic mass is 9.84. The lowest BCUT2D eigenvalue weighted by molar-refractivity contribution is -0.123. The van der Waals surface area contributed by atoms with E-state index in [1.165, 1.54) is 31.4 Å². The molecule has 182 valence electrons. The summed E-state index contributed by atoms with van der Waals surface area (Å²) < 4.78 is 3.16. The molecule has 6 nitrogen and oxygen atoms in total. The Bertz CT molecular complexity index is 1280. The quantitative estimate of drug-likeness (QED) is 0.353. The number of carbonyl (C=O) groups is 3. The largest absolute Gasteiger partial charge is 0.497 e. The first kappa shape index (κ1) is 25.0. The maximum Gasteiger partial charge on any atom is 0.255 e. The molecule has 2 aliphatic carbocycles. The van der Waals surface area contributed by atoms with E-state index in [0.717, 1.165) is 4.90 Å². The van der Waals surface area contributed by atoms with Crippen LogP contribution in [0.1, 0.15) is 10.4 Å². The number of nitrogens with zero attached hydrogens (tertiary/aromatic N) is 1. The third kappa shape index (κ3) is 3.08. The number of halogens is 6. The maximum atomic E-state index is 13.4. The number of nitrogens with one attached hydrogen (secondary N) is 1. The van der Waals surface area contributed by atoms with Crippen molar-refractivity contribution in [1.29, 1.82) is 0 Å². The first-order valence-electron chi connectivity index (χ1n) is 10.2. The third-order valence-electron chi connectivity index (χ3n) is 6.62. The Morgan fingerprint density at radius 3 is 1.97 bits per heavy atom. The molecule has 2 aromatic carbocycles. The summed E-state index contributed by atoms with van der Waals surface area (Å²) in [7, 11) is 1.52. The number of benzene rings is 2. The standard InChI is InChI=1S/C23H14Cl6N2O4/c1-35-13-4-2-3-11(9-13)30-18(32)10-5-7-12(8-6-10)31-19(33)14-15(20(31)34)22(27)17(25)16(24)21(14,26)23(22,28)29/h2-9,14-15H,1H3,(H,30,32)/t14-,15-,21-,22-/m1/s1. The minimum atomic E-state index is -1.99. The van der Waals surface area contributed by atoms with Crippen molar-refractivity contribution in [2.75, 3.05) is 17.3 Å². The molecule has 1 aliphatic heterocycles. The van der Waals surface area contributed by atoms with Crippen LogP contribution < -0.4 is 15.0 Å². The number of carbonyl (C=O) groups excluding carboxylic acids is 3. The molecule has 1 saturated heterocycles. The van der Waals surface area contributed by atoms with Crippen molar-refractivity contribution in [3.63, 3.8) is 0 Å². The van der Waals surface area contributed by atoms with Crippen molar-refractivity contribution in [2.45, 2.75) is 14.1 Å². The molecular formula is C23H14Cl6N2O4. The van der Waals surface area contributed by atoms with Crippen LogP contribution in [0.3, 0.4) is 0 Å². The highest BCUT2D eigenvalue weighted by molar-refractivity contribution is 6.67. The molecule has 12 heteroatoms. The zero-order valence-corrected chi connectivity index (χ0v) is 22.2. The highest BCUT2D eigenvalue weighted by atomic mass is 35.5. The van der Waals surface area contributed by atoms with Crippen LogP contribution in [0.25, 0.3) is 0 Å². The smallest absolute Gasteiger partial charge is 0.255 e. The van der Waals surface area contributed by atoms with E-state index in [0.29, 0.717) is 17.0 Å². The summed E-state index contributed by atoms with van der Waals surface area (Å²) in [5, 5.41) is 2.44. The fourth-order valence-electron chi connectivity index (χ4n) is 4.92. The van der Waals surface area contributed by atoms with Gasteiger partial charge in [-0.25, -0.2) is 4.90 Å². The van der Waals surface area contributed by atoms with E-state index in [1.807, 2.05) is 0 Å². The summed E-state index contributed by atoms with van der Waals surface area (Å²) in [4.78, 5) is 36.7. The van der Waals surface area contributed by atoms with Gasteiger partial charge in [-0.3, -0.25) is 14.4 Å². The van der Waals surface area contributed by atoms with Gasteiger partial charge in [-0.1, -0.05) is 52.5 Å². The fraction of sp³-hybridized carbons (Fsp3) is 0.261. The average Bonchev–Trinajstić information content (AvgIpc) is 3.22. The van der Waals surface area contributed by atoms with Crippen molar-refractivity contribution in [1.82, 2.24) is 0 Å². The second kappa shape index (κ2) is 8.17. The summed E-state index contributed by atoms with van der Waals surface area (Å²) >= 11 is 39.0. The van der Waals surface area contributed by atoms with Crippen molar-refractivity contribution in [3.05, 3.63) is 64.2 Å². The van der Waals surface area contributed by atoms with E-state index in [1.54, 1.807) is 24.3 Å². The van der Waals surface area contributed by atoms with Gasteiger partial charge in [0.1, 0.15) is 15.5 Å². The van der Waals surface area contributed by atoms with Gasteiger partial charge in [0.15, 0.2) is 4.33 Å². The summed E-state index contributed by atoms with van der Waals surface area (Å²) in [5.74, 6) is -3.59. The molecule has 5 rings (SSSR count). The molecule has 2 bridgehead atoms. The highest BCUT2D eigenvalue weighted by Crippen LogP contribution is 2.77. The maximum absolute atomic E-state index is 13.4. The highest BCUT2D eigenvalue weighted by Gasteiger charge is 2.87. The van der Waals surface area contributed by atoms with Crippen LogP contribution in [0.2, 0.25) is 0 Å². The van der Waals surface area contributed by atoms with Gasteiger partial charge in [-0.15, -0.1) is 23.2 Å². The third-order valence-corrected chi connectivity index (χ3v) is 10.9. The van der Waals surface area contributed by atoms with E-state index in [2.05, 4.69) is 5.32 Å². The monoisotopic (exact) mass is 592 g/mol. The molecule has 3 aliphatic rings. The number of ether oxygens (including phenoxy) is 1. The Kier molecular flexibility index (Phi) is 5.83. The lowest BCUT2D eigenvalue weighted by Crippen LogP contribution is -2.50. The Balaban J connectivity index is 1.43. The second-order valence-electron chi connectivity index (χ2n) is 8.33. The van der Waals surface area contributed by atoms with Crippen LogP contribution in [-0.2, 0) is 9.59 Å². The second-order valence-corrected chi connectivity index (χ2v) is 11.6. The number of alkyl halides is 4. The predicted octanol–water partition coefficient (Wildman–Crippen LogP) is 5.90. The van der Waals surface area contributed by atoms with Crippen molar-refractivity contribution < 1.29 is 19.1 Å². The number of amides is 3. The number of anilines is 2. The SMILES string of the molecule is COc1cccc(NC(=O)c2ccc(N3C(=O)[C@H]4[C@H](C3=O)[C@@]3(Cl)C(Cl)=C(Cl)[C@@]4(Cl)C3(Cl)Cl)cc2)c1. The molecule has 2 aromatic rings. The normalized spacial score (nSPS) is 30.7. The van der Waals surface area contributed by atoms with E-state index in [4.69, 9.17) is 74.3 Å². The van der Waals surface area contributed by atoms with Crippen molar-refractivity contribution in [3.8, 4) is 5.75 Å². The van der Waals surface area contributed by atoms with Gasteiger partial charge >= 0.3 is 0 Å². The molecule has 1 saturated carbocycles. The Labute approximate surface area is 230 Å². The molecule has 0 aromatic heterocycles. The van der Waals surface area contributed by atoms with Crippen LogP contribution in [0, 0.1) is 11.8 Å². The van der Waals surface area contributed by atoms with Crippen LogP contribution in [0.4, 0.5) is 11.4 Å². The molecule has 0 radical (unpaired) electrons. The van der Waals surface area contributed by atoms with E-state index in [-0.39, 0.29) is 15.8 Å². The predicted molar refractivity (Wildman–Crippen MR) is 137 cm³/mol. The molecule has 4 atom stereocenters. The molecule has 1 N–H and O–H groups in total. The summed E-state index contributed by atoms with van der Waals surface area (Å²) in [6.45, 7) is 0. The molecular weight excluding hydrogens is 581 g/mol. The van der Waals surface area contributed by atoms with E-state index >= 15 is 0 Å². The summed E-state index contributed by atoms with van der Waals surface area (Å²) in [6.07, 6.45) is 0. The number of hydrogen-bond donors (Lipinski definition) is 1. The van der Waals surface area contributed by atoms with Gasteiger partial charge in [0.2, 0.25) is 11.8 Å². The molecule has 1 heterocycles. The number of hydrogen-bond acceptors (Lipinski definition) is 4. The van der Waals surface area contributed by atoms with Gasteiger partial charge in [0.05, 0.1) is 34.7 Å². The van der Waals surface area contributed by atoms with Crippen molar-refractivity contribution >= 4 is 98.7 Å². The lowest BCUT2D eigenvalue weighted by Gasteiger charge is -2.34. The zero-order valence-electron chi connectivity index (χ0n) is 17.6. The van der Waals surface area contributed by atoms with Gasteiger partial charge in [-0.2, -0.15) is 0 Å². The minimum absolute atomic E-state index is 0.158. The number of rotatable bonds is 4. The minimum Gasteiger partial charge on any atom is -0.497 e. The Morgan fingerprint density at radius 2 is 1.46 bits per heavy atom. The van der Waals surface area contributed by atoms with Gasteiger partial charge in [0.25, 0.3) is 5.91 Å². The molecule has 3 amide bonds. The topological polar surface area (TPSA) is 75.7 Å². The first-order chi connectivity index (χ1) is 16.4. The van der Waals surface area contributed by atoms with Crippen molar-refractivity contribution in [2.24, 2.45) is 11.8 Å².